The molecule has 69 heavy (non-hydrogen) atoms. The molecular formula is C52H72BrN10O2PS3. The highest BCUT2D eigenvalue weighted by Gasteiger charge is 2.23. The number of aryl methyl sites for hydroxylation is 2. The predicted molar refractivity (Wildman–Crippen MR) is 311 cm³/mol. The van der Waals surface area contributed by atoms with Gasteiger partial charge in [0.2, 0.25) is 5.78 Å². The van der Waals surface area contributed by atoms with E-state index in [0.717, 1.165) is 67.3 Å². The van der Waals surface area contributed by atoms with Crippen molar-refractivity contribution in [1.82, 2.24) is 14.8 Å². The number of nitrogens with one attached hydrogen (secondary N) is 2. The van der Waals surface area contributed by atoms with Gasteiger partial charge in [0, 0.05) is 72.1 Å². The Hall–Kier alpha value is -4.41. The lowest BCUT2D eigenvalue weighted by Gasteiger charge is -2.36. The van der Waals surface area contributed by atoms with Crippen molar-refractivity contribution in [2.24, 2.45) is 10.7 Å². The van der Waals surface area contributed by atoms with Gasteiger partial charge in [-0.3, -0.25) is 9.59 Å². The van der Waals surface area contributed by atoms with Crippen molar-refractivity contribution < 1.29 is 9.59 Å². The van der Waals surface area contributed by atoms with Crippen LogP contribution >= 0.6 is 61.1 Å². The molecular weight excluding hydrogens is 1000 g/mol. The quantitative estimate of drug-likeness (QED) is 0.0209. The average Bonchev–Trinajstić information content (AvgIpc) is 3.73. The number of hydrogen-bond donors (Lipinski definition) is 4. The first-order valence-electron chi connectivity index (χ1n) is 23.4. The van der Waals surface area contributed by atoms with Crippen LogP contribution in [0.25, 0.3) is 0 Å². The molecule has 5 aromatic rings. The van der Waals surface area contributed by atoms with E-state index in [-0.39, 0.29) is 27.3 Å². The lowest BCUT2D eigenvalue weighted by atomic mass is 10.0. The number of anilines is 6. The molecule has 2 saturated heterocycles. The second-order valence-corrected chi connectivity index (χ2v) is 20.4. The first kappa shape index (κ1) is 57.2. The lowest BCUT2D eigenvalue weighted by Crippen LogP contribution is -2.41. The number of piperidine rings is 2. The molecule has 3 heterocycles. The SMILES string of the molecule is CCSC(N)=NC(=S)Nc1ccc(N2CCC(N(C)C)CC2)cc1.CCc1cccc(C(=O)CBr)c1.CCc1cccc(C(=O)c2sc(Nc3ccc(N4CCC(N(C)C)CC4)cc3)nc2N)c1.P. The van der Waals surface area contributed by atoms with Crippen molar-refractivity contribution in [3.63, 3.8) is 0 Å². The van der Waals surface area contributed by atoms with Crippen LogP contribution < -0.4 is 31.9 Å². The van der Waals surface area contributed by atoms with Gasteiger partial charge in [-0.1, -0.05) is 96.2 Å². The third-order valence-corrected chi connectivity index (χ3v) is 14.5. The number of alkyl halides is 1. The molecule has 0 bridgehead atoms. The number of thioether (sulfide) groups is 1. The van der Waals surface area contributed by atoms with E-state index >= 15 is 0 Å². The molecule has 1 unspecified atom stereocenters. The summed E-state index contributed by atoms with van der Waals surface area (Å²) in [6.45, 7) is 10.5. The average molecular weight is 1080 g/mol. The maximum Gasteiger partial charge on any atom is 0.206 e. The van der Waals surface area contributed by atoms with Gasteiger partial charge < -0.3 is 41.7 Å². The van der Waals surface area contributed by atoms with Gasteiger partial charge in [-0.25, -0.2) is 4.98 Å². The van der Waals surface area contributed by atoms with E-state index in [2.05, 4.69) is 135 Å². The Morgan fingerprint density at radius 3 is 1.72 bits per heavy atom. The largest absolute Gasteiger partial charge is 0.382 e. The number of aliphatic imine (C=N–C) groups is 1. The van der Waals surface area contributed by atoms with Gasteiger partial charge in [0.25, 0.3) is 0 Å². The van der Waals surface area contributed by atoms with Crippen LogP contribution in [0.4, 0.5) is 33.7 Å². The number of ketones is 2. The Labute approximate surface area is 436 Å². The summed E-state index contributed by atoms with van der Waals surface area (Å²) in [5.74, 6) is 1.21. The molecule has 4 aromatic carbocycles. The molecule has 2 aliphatic heterocycles. The zero-order valence-electron chi connectivity index (χ0n) is 41.3. The maximum absolute atomic E-state index is 12.9. The molecule has 6 N–H and O–H groups in total. The predicted octanol–water partition coefficient (Wildman–Crippen LogP) is 10.7. The number of nitrogens with zero attached hydrogens (tertiary/aromatic N) is 6. The number of nitrogen functional groups attached to an aromatic ring is 1. The fourth-order valence-corrected chi connectivity index (χ4v) is 9.92. The number of Topliss-reactive ketones (excluding diaryl/α,β-unsaturated/α-hetero) is 1. The number of carbonyl (C=O) groups excluding carboxylic acids is 2. The summed E-state index contributed by atoms with van der Waals surface area (Å²) in [5.41, 5.74) is 20.0. The third kappa shape index (κ3) is 17.7. The first-order chi connectivity index (χ1) is 32.7. The van der Waals surface area contributed by atoms with Gasteiger partial charge in [-0.15, -0.1) is 0 Å². The highest BCUT2D eigenvalue weighted by Crippen LogP contribution is 2.31. The second-order valence-electron chi connectivity index (χ2n) is 17.1. The van der Waals surface area contributed by atoms with Crippen LogP contribution in [0.15, 0.2) is 102 Å². The highest BCUT2D eigenvalue weighted by atomic mass is 79.9. The van der Waals surface area contributed by atoms with Crippen molar-refractivity contribution in [1.29, 1.82) is 0 Å². The molecule has 12 nitrogen and oxygen atoms in total. The summed E-state index contributed by atoms with van der Waals surface area (Å²) < 4.78 is 0. The lowest BCUT2D eigenvalue weighted by molar-refractivity contribution is 0.102. The fourth-order valence-electron chi connectivity index (χ4n) is 8.00. The van der Waals surface area contributed by atoms with E-state index < -0.39 is 0 Å². The van der Waals surface area contributed by atoms with Crippen LogP contribution in [0.5, 0.6) is 0 Å². The summed E-state index contributed by atoms with van der Waals surface area (Å²) in [6, 6.07) is 33.5. The molecule has 0 aliphatic carbocycles. The summed E-state index contributed by atoms with van der Waals surface area (Å²) in [4.78, 5) is 42.7. The van der Waals surface area contributed by atoms with E-state index in [1.807, 2.05) is 67.6 Å². The van der Waals surface area contributed by atoms with Crippen molar-refractivity contribution in [2.45, 2.75) is 71.4 Å². The molecule has 17 heteroatoms. The number of rotatable bonds is 14. The van der Waals surface area contributed by atoms with Crippen LogP contribution in [0.3, 0.4) is 0 Å². The number of thiazole rings is 1. The molecule has 0 saturated carbocycles. The Morgan fingerprint density at radius 1 is 0.783 bits per heavy atom. The number of hydrogen-bond acceptors (Lipinski definition) is 12. The maximum atomic E-state index is 12.9. The molecule has 2 fully saturated rings. The number of nitrogens with two attached hydrogens (primary N) is 2. The third-order valence-electron chi connectivity index (χ3n) is 12.1. The number of amidine groups is 1. The van der Waals surface area contributed by atoms with E-state index in [9.17, 15) is 9.59 Å². The molecule has 1 aromatic heterocycles. The summed E-state index contributed by atoms with van der Waals surface area (Å²) >= 11 is 11.1. The Kier molecular flexibility index (Phi) is 24.1. The normalized spacial score (nSPS) is 14.3. The molecule has 0 spiro atoms. The van der Waals surface area contributed by atoms with Gasteiger partial charge in [0.1, 0.15) is 10.7 Å². The van der Waals surface area contributed by atoms with Crippen LogP contribution in [0.1, 0.15) is 83.2 Å². The Bertz CT molecular complexity index is 2420. The van der Waals surface area contributed by atoms with Crippen molar-refractivity contribution in [3.05, 3.63) is 124 Å². The molecule has 0 radical (unpaired) electrons. The molecule has 372 valence electrons. The minimum atomic E-state index is -0.0835. The second kappa shape index (κ2) is 29.1. The monoisotopic (exact) mass is 1070 g/mol. The van der Waals surface area contributed by atoms with Gasteiger partial charge in [0.05, 0.1) is 5.33 Å². The number of aromatic nitrogens is 1. The van der Waals surface area contributed by atoms with Gasteiger partial charge in [0.15, 0.2) is 21.2 Å². The smallest absolute Gasteiger partial charge is 0.206 e. The molecule has 2 aliphatic rings. The first-order valence-corrected chi connectivity index (χ1v) is 26.7. The molecule has 0 amide bonds. The van der Waals surface area contributed by atoms with Crippen LogP contribution in [-0.4, -0.2) is 114 Å². The highest BCUT2D eigenvalue weighted by molar-refractivity contribution is 9.09. The number of benzene rings is 4. The number of carbonyl (C=O) groups is 2. The molecule has 1 atom stereocenters. The van der Waals surface area contributed by atoms with Gasteiger partial charge >= 0.3 is 0 Å². The summed E-state index contributed by atoms with van der Waals surface area (Å²) in [5, 5.41) is 8.32. The zero-order chi connectivity index (χ0) is 49.2. The topological polar surface area (TPSA) is 148 Å². The summed E-state index contributed by atoms with van der Waals surface area (Å²) in [6.07, 6.45) is 6.65. The number of halogens is 1. The Morgan fingerprint density at radius 2 is 1.26 bits per heavy atom. The zero-order valence-corrected chi connectivity index (χ0v) is 46.8. The van der Waals surface area contributed by atoms with Crippen LogP contribution in [-0.2, 0) is 12.8 Å². The summed E-state index contributed by atoms with van der Waals surface area (Å²) in [7, 11) is 8.65. The van der Waals surface area contributed by atoms with Crippen molar-refractivity contribution >= 4 is 117 Å². The van der Waals surface area contributed by atoms with Gasteiger partial charge in [-0.05, 0) is 156 Å². The van der Waals surface area contributed by atoms with E-state index in [0.29, 0.717) is 43.3 Å². The van der Waals surface area contributed by atoms with Crippen molar-refractivity contribution in [2.75, 3.05) is 91.6 Å². The standard InChI is InChI=1S/C25H31N5OS.C17H27N5S2.C10H11BrO.H3P/c1-4-17-6-5-7-18(16-17)22(31)23-24(26)28-25(32-23)27-19-8-10-21(11-9-19)30-14-12-20(13-15-30)29(2)3;1-4-24-16(18)20-17(23)19-13-5-7-15(8-6-13)22-11-9-14(10-12-22)21(2)3;1-2-8-4-3-5-9(6-8)10(12)7-11;/h5-11,16,20H,4,12-15,26H2,1-3H3,(H,27,28);5-8,14H,4,9-12H2,1-3H3,(H3,18,19,20,23);3-6H,2,7H2,1H3;1H3. The van der Waals surface area contributed by atoms with Crippen LogP contribution in [0.2, 0.25) is 0 Å². The minimum absolute atomic E-state index is 0. The number of thiocarbonyl (C=S) groups is 1. The van der Waals surface area contributed by atoms with E-state index in [1.165, 1.54) is 65.7 Å². The van der Waals surface area contributed by atoms with Gasteiger partial charge in [-0.2, -0.15) is 14.9 Å². The minimum Gasteiger partial charge on any atom is -0.382 e. The van der Waals surface area contributed by atoms with Crippen LogP contribution in [0, 0.1) is 0 Å². The van der Waals surface area contributed by atoms with E-state index in [1.54, 1.807) is 0 Å². The van der Waals surface area contributed by atoms with Crippen molar-refractivity contribution in [3.8, 4) is 0 Å². The Balaban J connectivity index is 0.000000247. The fraction of sp³-hybridized carbons (Fsp3) is 0.404. The molecule has 7 rings (SSSR count). The van der Waals surface area contributed by atoms with E-state index in [4.69, 9.17) is 23.7 Å².